The molecule has 0 heterocycles. The van der Waals surface area contributed by atoms with Gasteiger partial charge in [-0.3, -0.25) is 0 Å². The molecule has 1 aliphatic rings. The highest BCUT2D eigenvalue weighted by Crippen LogP contribution is 2.41. The number of alkyl halides is 3. The van der Waals surface area contributed by atoms with Crippen molar-refractivity contribution in [2.75, 3.05) is 6.61 Å². The van der Waals surface area contributed by atoms with E-state index in [0.717, 1.165) is 23.6 Å². The number of ether oxygens (including phenoxy) is 1. The quantitative estimate of drug-likeness (QED) is 0.683. The van der Waals surface area contributed by atoms with E-state index in [1.54, 1.807) is 6.08 Å². The molecule has 1 atom stereocenters. The third-order valence-electron chi connectivity index (χ3n) is 3.60. The lowest BCUT2D eigenvalue weighted by molar-refractivity contribution is -0.256. The molecule has 0 aliphatic heterocycles. The van der Waals surface area contributed by atoms with Crippen molar-refractivity contribution in [2.24, 2.45) is 0 Å². The zero-order chi connectivity index (χ0) is 15.3. The Kier molecular flexibility index (Phi) is 4.88. The molecule has 0 saturated heterocycles. The predicted molar refractivity (Wildman–Crippen MR) is 77.8 cm³/mol. The summed E-state index contributed by atoms with van der Waals surface area (Å²) in [4.78, 5) is 0. The monoisotopic (exact) mass is 296 g/mol. The Balaban J connectivity index is 2.17. The fourth-order valence-corrected chi connectivity index (χ4v) is 2.26. The maximum Gasteiger partial charge on any atom is 0.421 e. The second kappa shape index (κ2) is 6.48. The molecule has 0 fully saturated rings. The number of rotatable bonds is 5. The predicted octanol–water partition coefficient (Wildman–Crippen LogP) is 5.15. The lowest BCUT2D eigenvalue weighted by atomic mass is 9.88. The normalized spacial score (nSPS) is 22.2. The number of benzene rings is 1. The summed E-state index contributed by atoms with van der Waals surface area (Å²) in [6.07, 6.45) is 1.12. The van der Waals surface area contributed by atoms with Gasteiger partial charge in [-0.2, -0.15) is 13.2 Å². The molecule has 0 spiro atoms. The van der Waals surface area contributed by atoms with Gasteiger partial charge < -0.3 is 4.74 Å². The number of allylic oxidation sites excluding steroid dienone is 2. The van der Waals surface area contributed by atoms with E-state index < -0.39 is 11.8 Å². The van der Waals surface area contributed by atoms with Gasteiger partial charge in [0, 0.05) is 13.0 Å². The summed E-state index contributed by atoms with van der Waals surface area (Å²) in [6, 6.07) is 9.38. The van der Waals surface area contributed by atoms with E-state index in [2.05, 4.69) is 0 Å². The van der Waals surface area contributed by atoms with Crippen LogP contribution in [0.5, 0.6) is 0 Å². The van der Waals surface area contributed by atoms with Crippen LogP contribution in [0.15, 0.2) is 48.6 Å². The third-order valence-corrected chi connectivity index (χ3v) is 3.60. The SMILES string of the molecule is CCCCOC1(C(F)(F)F)C=CC(c2ccccc2)=CC1. The first-order chi connectivity index (χ1) is 9.98. The number of hydrogen-bond donors (Lipinski definition) is 0. The van der Waals surface area contributed by atoms with E-state index >= 15 is 0 Å². The zero-order valence-corrected chi connectivity index (χ0v) is 12.0. The average Bonchev–Trinajstić information content (AvgIpc) is 2.48. The van der Waals surface area contributed by atoms with Gasteiger partial charge in [0.25, 0.3) is 0 Å². The molecule has 0 saturated carbocycles. The molecule has 2 rings (SSSR count). The van der Waals surface area contributed by atoms with Crippen LogP contribution in [0.3, 0.4) is 0 Å². The summed E-state index contributed by atoms with van der Waals surface area (Å²) in [6.45, 7) is 2.04. The summed E-state index contributed by atoms with van der Waals surface area (Å²) in [5.74, 6) is 0. The van der Waals surface area contributed by atoms with Crippen LogP contribution in [0, 0.1) is 0 Å². The fraction of sp³-hybridized carbons (Fsp3) is 0.412. The summed E-state index contributed by atoms with van der Waals surface area (Å²) in [7, 11) is 0. The van der Waals surface area contributed by atoms with Crippen molar-refractivity contribution in [1.82, 2.24) is 0 Å². The van der Waals surface area contributed by atoms with Crippen molar-refractivity contribution in [1.29, 1.82) is 0 Å². The van der Waals surface area contributed by atoms with Gasteiger partial charge in [0.2, 0.25) is 0 Å². The van der Waals surface area contributed by atoms with E-state index in [1.807, 2.05) is 37.3 Å². The van der Waals surface area contributed by atoms with E-state index in [4.69, 9.17) is 4.74 Å². The second-order valence-electron chi connectivity index (χ2n) is 5.15. The van der Waals surface area contributed by atoms with Gasteiger partial charge in [0.1, 0.15) is 0 Å². The highest BCUT2D eigenvalue weighted by atomic mass is 19.4. The number of hydrogen-bond acceptors (Lipinski definition) is 1. The van der Waals surface area contributed by atoms with E-state index in [-0.39, 0.29) is 13.0 Å². The molecule has 1 nitrogen and oxygen atoms in total. The standard InChI is InChI=1S/C17H19F3O/c1-2-3-13-21-16(17(18,19)20)11-9-15(10-12-16)14-7-5-4-6-8-14/h4-11H,2-3,12-13H2,1H3. The maximum absolute atomic E-state index is 13.3. The summed E-state index contributed by atoms with van der Waals surface area (Å²) < 4.78 is 45.2. The molecule has 0 aromatic heterocycles. The Labute approximate surface area is 123 Å². The number of halogens is 3. The third kappa shape index (κ3) is 3.56. The Morgan fingerprint density at radius 3 is 2.43 bits per heavy atom. The highest BCUT2D eigenvalue weighted by molar-refractivity contribution is 5.75. The minimum absolute atomic E-state index is 0.120. The van der Waals surface area contributed by atoms with Crippen LogP contribution in [0.4, 0.5) is 13.2 Å². The first kappa shape index (κ1) is 15.8. The highest BCUT2D eigenvalue weighted by Gasteiger charge is 2.54. The summed E-state index contributed by atoms with van der Waals surface area (Å²) in [5.41, 5.74) is -0.465. The molecule has 0 amide bonds. The maximum atomic E-state index is 13.3. The van der Waals surface area contributed by atoms with Crippen molar-refractivity contribution in [3.05, 3.63) is 54.1 Å². The average molecular weight is 296 g/mol. The van der Waals surface area contributed by atoms with Crippen molar-refractivity contribution in [2.45, 2.75) is 38.0 Å². The molecule has 0 bridgehead atoms. The van der Waals surface area contributed by atoms with E-state index in [0.29, 0.717) is 6.42 Å². The van der Waals surface area contributed by atoms with Crippen LogP contribution in [0.1, 0.15) is 31.7 Å². The van der Waals surface area contributed by atoms with Gasteiger partial charge in [0.05, 0.1) is 0 Å². The molecular formula is C17H19F3O. The van der Waals surface area contributed by atoms with Crippen LogP contribution in [-0.2, 0) is 4.74 Å². The Morgan fingerprint density at radius 1 is 1.19 bits per heavy atom. The largest absolute Gasteiger partial charge is 0.421 e. The van der Waals surface area contributed by atoms with E-state index in [9.17, 15) is 13.2 Å². The van der Waals surface area contributed by atoms with Crippen molar-refractivity contribution < 1.29 is 17.9 Å². The molecule has 1 aromatic carbocycles. The molecule has 21 heavy (non-hydrogen) atoms. The molecular weight excluding hydrogens is 277 g/mol. The molecule has 1 aliphatic carbocycles. The summed E-state index contributed by atoms with van der Waals surface area (Å²) >= 11 is 0. The smallest absolute Gasteiger partial charge is 0.361 e. The second-order valence-corrected chi connectivity index (χ2v) is 5.15. The minimum atomic E-state index is -4.41. The Bertz CT molecular complexity index is 517. The topological polar surface area (TPSA) is 9.23 Å². The van der Waals surface area contributed by atoms with E-state index in [1.165, 1.54) is 6.08 Å². The van der Waals surface area contributed by atoms with Gasteiger partial charge in [-0.25, -0.2) is 0 Å². The fourth-order valence-electron chi connectivity index (χ4n) is 2.26. The molecule has 4 heteroatoms. The zero-order valence-electron chi connectivity index (χ0n) is 12.0. The lowest BCUT2D eigenvalue weighted by Gasteiger charge is -2.34. The molecule has 114 valence electrons. The van der Waals surface area contributed by atoms with Crippen LogP contribution >= 0.6 is 0 Å². The Morgan fingerprint density at radius 2 is 1.90 bits per heavy atom. The molecule has 0 N–H and O–H groups in total. The number of unbranched alkanes of at least 4 members (excludes halogenated alkanes) is 1. The first-order valence-electron chi connectivity index (χ1n) is 7.14. The van der Waals surface area contributed by atoms with Crippen LogP contribution < -0.4 is 0 Å². The van der Waals surface area contributed by atoms with Crippen LogP contribution in [0.2, 0.25) is 0 Å². The van der Waals surface area contributed by atoms with Crippen molar-refractivity contribution >= 4 is 5.57 Å². The van der Waals surface area contributed by atoms with Crippen LogP contribution in [0.25, 0.3) is 5.57 Å². The van der Waals surface area contributed by atoms with Crippen molar-refractivity contribution in [3.63, 3.8) is 0 Å². The van der Waals surface area contributed by atoms with Gasteiger partial charge in [0.15, 0.2) is 5.60 Å². The summed E-state index contributed by atoms with van der Waals surface area (Å²) in [5, 5.41) is 0. The van der Waals surface area contributed by atoms with Gasteiger partial charge in [-0.15, -0.1) is 0 Å². The first-order valence-corrected chi connectivity index (χ1v) is 7.14. The van der Waals surface area contributed by atoms with Gasteiger partial charge in [-0.05, 0) is 23.6 Å². The Hall–Kier alpha value is -1.55. The van der Waals surface area contributed by atoms with Crippen molar-refractivity contribution in [3.8, 4) is 0 Å². The molecule has 0 radical (unpaired) electrons. The van der Waals surface area contributed by atoms with Gasteiger partial charge in [-0.1, -0.05) is 55.8 Å². The van der Waals surface area contributed by atoms with Crippen LogP contribution in [-0.4, -0.2) is 18.4 Å². The molecule has 1 unspecified atom stereocenters. The molecule has 1 aromatic rings. The minimum Gasteiger partial charge on any atom is -0.361 e. The lowest BCUT2D eigenvalue weighted by Crippen LogP contribution is -2.46. The van der Waals surface area contributed by atoms with Gasteiger partial charge >= 0.3 is 6.18 Å².